The quantitative estimate of drug-likeness (QED) is 0.387. The Bertz CT molecular complexity index is 629. The van der Waals surface area contributed by atoms with Crippen LogP contribution in [0.15, 0.2) is 18.2 Å². The minimum Gasteiger partial charge on any atom is -0.0654 e. The third-order valence-electron chi connectivity index (χ3n) is 9.09. The molecule has 4 rings (SSSR count). The highest BCUT2D eigenvalue weighted by atomic mass is 14.4. The Hall–Kier alpha value is -0.780. The first kappa shape index (κ1) is 21.5. The van der Waals surface area contributed by atoms with E-state index in [1.54, 1.807) is 43.2 Å². The van der Waals surface area contributed by atoms with E-state index in [1.807, 2.05) is 0 Å². The zero-order valence-electron chi connectivity index (χ0n) is 19.4. The standard InChI is InChI=1S/C29H46/c1-3-5-6-7-8-9-23-11-13-27-21-29(17-15-25(27)19-23)28-16-14-24-18-22(4-2)10-12-26(24)20-28/h10,12,18,23,25,27-29H,3-9,11,13-17,19-21H2,1-2H3/t23-,25?,27-,28?,29?/m1/s1. The minimum absolute atomic E-state index is 0.979. The Kier molecular flexibility index (Phi) is 7.77. The van der Waals surface area contributed by atoms with E-state index in [0.29, 0.717) is 0 Å². The second kappa shape index (κ2) is 10.5. The maximum atomic E-state index is 2.51. The summed E-state index contributed by atoms with van der Waals surface area (Å²) in [5.74, 6) is 5.24. The van der Waals surface area contributed by atoms with Crippen molar-refractivity contribution in [3.8, 4) is 0 Å². The van der Waals surface area contributed by atoms with Crippen LogP contribution in [0.4, 0.5) is 0 Å². The molecule has 3 unspecified atom stereocenters. The molecule has 0 bridgehead atoms. The van der Waals surface area contributed by atoms with E-state index < -0.39 is 0 Å². The highest BCUT2D eigenvalue weighted by molar-refractivity contribution is 5.34. The average Bonchev–Trinajstić information content (AvgIpc) is 2.77. The third kappa shape index (κ3) is 5.48. The molecule has 0 saturated heterocycles. The fourth-order valence-corrected chi connectivity index (χ4v) is 7.21. The van der Waals surface area contributed by atoms with Crippen molar-refractivity contribution in [3.05, 3.63) is 34.9 Å². The number of benzene rings is 1. The molecule has 0 radical (unpaired) electrons. The largest absolute Gasteiger partial charge is 0.0654 e. The summed E-state index contributed by atoms with van der Waals surface area (Å²) in [6.45, 7) is 4.61. The molecule has 162 valence electrons. The van der Waals surface area contributed by atoms with E-state index >= 15 is 0 Å². The molecule has 0 amide bonds. The molecule has 0 nitrogen and oxygen atoms in total. The summed E-state index contributed by atoms with van der Waals surface area (Å²) in [7, 11) is 0. The summed E-state index contributed by atoms with van der Waals surface area (Å²) in [4.78, 5) is 0. The zero-order chi connectivity index (χ0) is 20.1. The van der Waals surface area contributed by atoms with Gasteiger partial charge in [-0.15, -0.1) is 0 Å². The van der Waals surface area contributed by atoms with Crippen LogP contribution in [-0.2, 0) is 19.3 Å². The molecule has 2 fully saturated rings. The van der Waals surface area contributed by atoms with Crippen LogP contribution < -0.4 is 0 Å². The van der Waals surface area contributed by atoms with Crippen molar-refractivity contribution < 1.29 is 0 Å². The third-order valence-corrected chi connectivity index (χ3v) is 9.09. The minimum atomic E-state index is 0.979. The van der Waals surface area contributed by atoms with Crippen molar-refractivity contribution in [1.82, 2.24) is 0 Å². The Morgan fingerprint density at radius 3 is 2.31 bits per heavy atom. The van der Waals surface area contributed by atoms with Crippen LogP contribution in [0.3, 0.4) is 0 Å². The molecule has 1 aromatic rings. The van der Waals surface area contributed by atoms with Gasteiger partial charge in [0, 0.05) is 0 Å². The molecular formula is C29H46. The first-order valence-corrected chi connectivity index (χ1v) is 13.4. The van der Waals surface area contributed by atoms with Crippen molar-refractivity contribution >= 4 is 0 Å². The number of unbranched alkanes of at least 4 members (excludes halogenated alkanes) is 4. The summed E-state index contributed by atoms with van der Waals surface area (Å²) in [6.07, 6.45) is 23.6. The van der Waals surface area contributed by atoms with E-state index in [1.165, 1.54) is 76.2 Å². The highest BCUT2D eigenvalue weighted by Crippen LogP contribution is 2.49. The van der Waals surface area contributed by atoms with Gasteiger partial charge < -0.3 is 0 Å². The summed E-state index contributed by atoms with van der Waals surface area (Å²) < 4.78 is 0. The van der Waals surface area contributed by atoms with Crippen molar-refractivity contribution in [3.63, 3.8) is 0 Å². The van der Waals surface area contributed by atoms with E-state index in [0.717, 1.165) is 29.6 Å². The van der Waals surface area contributed by atoms with Gasteiger partial charge in [-0.3, -0.25) is 0 Å². The highest BCUT2D eigenvalue weighted by Gasteiger charge is 2.38. The molecule has 3 aliphatic rings. The van der Waals surface area contributed by atoms with Gasteiger partial charge in [0.2, 0.25) is 0 Å². The summed E-state index contributed by atoms with van der Waals surface area (Å²) >= 11 is 0. The molecule has 5 atom stereocenters. The van der Waals surface area contributed by atoms with Gasteiger partial charge in [-0.2, -0.15) is 0 Å². The van der Waals surface area contributed by atoms with E-state index in [9.17, 15) is 0 Å². The van der Waals surface area contributed by atoms with Crippen LogP contribution in [-0.4, -0.2) is 0 Å². The number of hydrogen-bond acceptors (Lipinski definition) is 0. The molecule has 0 aromatic heterocycles. The van der Waals surface area contributed by atoms with Crippen molar-refractivity contribution in [2.45, 2.75) is 117 Å². The Morgan fingerprint density at radius 1 is 0.724 bits per heavy atom. The van der Waals surface area contributed by atoms with Gasteiger partial charge in [0.15, 0.2) is 0 Å². The van der Waals surface area contributed by atoms with Gasteiger partial charge in [0.1, 0.15) is 0 Å². The first-order chi connectivity index (χ1) is 14.3. The SMILES string of the molecule is CCCCCCC[C@@H]1CC[C@@H]2CC(C3CCc4cc(CC)ccc4C3)CCC2C1. The van der Waals surface area contributed by atoms with Crippen LogP contribution in [0.25, 0.3) is 0 Å². The first-order valence-electron chi connectivity index (χ1n) is 13.4. The van der Waals surface area contributed by atoms with Crippen LogP contribution in [0.1, 0.15) is 114 Å². The predicted molar refractivity (Wildman–Crippen MR) is 126 cm³/mol. The number of aryl methyl sites for hydroxylation is 2. The molecule has 0 heterocycles. The second-order valence-electron chi connectivity index (χ2n) is 10.9. The lowest BCUT2D eigenvalue weighted by Crippen LogP contribution is -2.35. The van der Waals surface area contributed by atoms with Crippen molar-refractivity contribution in [2.75, 3.05) is 0 Å². The average molecular weight is 395 g/mol. The van der Waals surface area contributed by atoms with E-state index in [4.69, 9.17) is 0 Å². The maximum Gasteiger partial charge on any atom is -0.0245 e. The smallest absolute Gasteiger partial charge is 0.0245 e. The van der Waals surface area contributed by atoms with Crippen LogP contribution >= 0.6 is 0 Å². The monoisotopic (exact) mass is 394 g/mol. The lowest BCUT2D eigenvalue weighted by molar-refractivity contribution is 0.0690. The number of fused-ring (bicyclic) bond motifs is 2. The van der Waals surface area contributed by atoms with E-state index in [2.05, 4.69) is 32.0 Å². The summed E-state index contributed by atoms with van der Waals surface area (Å²) in [5, 5.41) is 0. The van der Waals surface area contributed by atoms with Gasteiger partial charge in [0.05, 0.1) is 0 Å². The Morgan fingerprint density at radius 2 is 1.48 bits per heavy atom. The Labute approximate surface area is 181 Å². The normalized spacial score (nSPS) is 31.9. The molecule has 0 spiro atoms. The van der Waals surface area contributed by atoms with Crippen LogP contribution in [0.5, 0.6) is 0 Å². The van der Waals surface area contributed by atoms with Gasteiger partial charge in [-0.25, -0.2) is 0 Å². The topological polar surface area (TPSA) is 0 Å². The van der Waals surface area contributed by atoms with Crippen molar-refractivity contribution in [2.24, 2.45) is 29.6 Å². The van der Waals surface area contributed by atoms with Gasteiger partial charge in [-0.1, -0.05) is 77.0 Å². The lowest BCUT2D eigenvalue weighted by Gasteiger charge is -2.45. The van der Waals surface area contributed by atoms with Gasteiger partial charge >= 0.3 is 0 Å². The Balaban J connectivity index is 1.24. The molecule has 2 saturated carbocycles. The fraction of sp³-hybridized carbons (Fsp3) is 0.793. The van der Waals surface area contributed by atoms with Gasteiger partial charge in [-0.05, 0) is 104 Å². The molecule has 1 aromatic carbocycles. The molecule has 29 heavy (non-hydrogen) atoms. The number of hydrogen-bond donors (Lipinski definition) is 0. The van der Waals surface area contributed by atoms with Gasteiger partial charge in [0.25, 0.3) is 0 Å². The maximum absolute atomic E-state index is 2.51. The molecule has 0 N–H and O–H groups in total. The molecular weight excluding hydrogens is 348 g/mol. The van der Waals surface area contributed by atoms with E-state index in [-0.39, 0.29) is 0 Å². The summed E-state index contributed by atoms with van der Waals surface area (Å²) in [5.41, 5.74) is 4.89. The van der Waals surface area contributed by atoms with Crippen molar-refractivity contribution in [1.29, 1.82) is 0 Å². The fourth-order valence-electron chi connectivity index (χ4n) is 7.21. The predicted octanol–water partition coefficient (Wildman–Crippen LogP) is 8.55. The molecule has 0 heteroatoms. The molecule has 3 aliphatic carbocycles. The summed E-state index contributed by atoms with van der Waals surface area (Å²) in [6, 6.07) is 7.37. The number of rotatable bonds is 8. The lowest BCUT2D eigenvalue weighted by atomic mass is 9.61. The second-order valence-corrected chi connectivity index (χ2v) is 10.9. The molecule has 0 aliphatic heterocycles. The zero-order valence-corrected chi connectivity index (χ0v) is 19.4. The van der Waals surface area contributed by atoms with Crippen LogP contribution in [0.2, 0.25) is 0 Å². The van der Waals surface area contributed by atoms with Crippen LogP contribution in [0, 0.1) is 29.6 Å².